The first kappa shape index (κ1) is 12.5. The van der Waals surface area contributed by atoms with E-state index >= 15 is 0 Å². The maximum Gasteiger partial charge on any atom is 0.295 e. The van der Waals surface area contributed by atoms with E-state index in [1.807, 2.05) is 18.4 Å². The van der Waals surface area contributed by atoms with Crippen molar-refractivity contribution in [3.8, 4) is 0 Å². The average Bonchev–Trinajstić information content (AvgIpc) is 2.73. The number of halogens is 1. The van der Waals surface area contributed by atoms with Crippen molar-refractivity contribution in [3.05, 3.63) is 56.0 Å². The second kappa shape index (κ2) is 5.14. The van der Waals surface area contributed by atoms with E-state index in [0.717, 1.165) is 10.4 Å². The van der Waals surface area contributed by atoms with Gasteiger partial charge in [0.05, 0.1) is 4.92 Å². The number of nitrogens with one attached hydrogen (secondary N) is 1. The van der Waals surface area contributed by atoms with Crippen molar-refractivity contribution >= 4 is 22.7 Å². The highest BCUT2D eigenvalue weighted by molar-refractivity contribution is 7.10. The van der Waals surface area contributed by atoms with E-state index in [-0.39, 0.29) is 11.4 Å². The molecule has 0 atom stereocenters. The van der Waals surface area contributed by atoms with Crippen molar-refractivity contribution in [3.63, 3.8) is 0 Å². The number of nitro benzene ring substituents is 1. The summed E-state index contributed by atoms with van der Waals surface area (Å²) in [5, 5.41) is 15.5. The number of anilines is 1. The van der Waals surface area contributed by atoms with Gasteiger partial charge in [0, 0.05) is 17.5 Å². The predicted octanol–water partition coefficient (Wildman–Crippen LogP) is 3.72. The van der Waals surface area contributed by atoms with E-state index in [1.54, 1.807) is 0 Å². The van der Waals surface area contributed by atoms with Gasteiger partial charge in [-0.15, -0.1) is 11.3 Å². The van der Waals surface area contributed by atoms with Crippen LogP contribution in [0.15, 0.2) is 29.6 Å². The zero-order valence-electron chi connectivity index (χ0n) is 9.64. The van der Waals surface area contributed by atoms with Crippen LogP contribution in [0.5, 0.6) is 0 Å². The van der Waals surface area contributed by atoms with Gasteiger partial charge in [0.25, 0.3) is 5.69 Å². The molecule has 0 unspecified atom stereocenters. The molecule has 0 aliphatic rings. The first-order valence-corrected chi connectivity index (χ1v) is 6.17. The zero-order chi connectivity index (χ0) is 13.1. The molecule has 2 aromatic rings. The Morgan fingerprint density at radius 2 is 2.22 bits per heavy atom. The number of para-hydroxylation sites is 1. The molecule has 0 spiro atoms. The van der Waals surface area contributed by atoms with Crippen LogP contribution in [0.4, 0.5) is 15.8 Å². The molecule has 0 aliphatic heterocycles. The maximum atomic E-state index is 13.6. The van der Waals surface area contributed by atoms with E-state index in [2.05, 4.69) is 5.32 Å². The number of aryl methyl sites for hydroxylation is 1. The van der Waals surface area contributed by atoms with Crippen molar-refractivity contribution in [2.24, 2.45) is 0 Å². The normalized spacial score (nSPS) is 10.3. The topological polar surface area (TPSA) is 55.2 Å². The van der Waals surface area contributed by atoms with Crippen molar-refractivity contribution in [1.82, 2.24) is 0 Å². The van der Waals surface area contributed by atoms with Crippen LogP contribution in [-0.2, 0) is 6.54 Å². The molecular weight excluding hydrogens is 255 g/mol. The summed E-state index contributed by atoms with van der Waals surface area (Å²) in [5.41, 5.74) is 0.783. The summed E-state index contributed by atoms with van der Waals surface area (Å²) >= 11 is 1.53. The number of hydrogen-bond acceptors (Lipinski definition) is 4. The molecule has 0 fully saturated rings. The van der Waals surface area contributed by atoms with E-state index < -0.39 is 10.7 Å². The Labute approximate surface area is 107 Å². The molecule has 0 radical (unpaired) electrons. The number of rotatable bonds is 4. The van der Waals surface area contributed by atoms with Gasteiger partial charge in [-0.25, -0.2) is 4.39 Å². The summed E-state index contributed by atoms with van der Waals surface area (Å²) in [6.45, 7) is 2.33. The molecule has 94 valence electrons. The maximum absolute atomic E-state index is 13.6. The van der Waals surface area contributed by atoms with Gasteiger partial charge in [0.2, 0.25) is 0 Å². The third kappa shape index (κ3) is 2.48. The zero-order valence-corrected chi connectivity index (χ0v) is 10.5. The molecule has 2 rings (SSSR count). The highest BCUT2D eigenvalue weighted by Crippen LogP contribution is 2.28. The van der Waals surface area contributed by atoms with Gasteiger partial charge < -0.3 is 5.32 Å². The number of benzene rings is 1. The summed E-state index contributed by atoms with van der Waals surface area (Å²) in [6, 6.07) is 5.77. The minimum Gasteiger partial charge on any atom is -0.372 e. The second-order valence-corrected chi connectivity index (χ2v) is 4.77. The lowest BCUT2D eigenvalue weighted by atomic mass is 10.2. The van der Waals surface area contributed by atoms with Crippen molar-refractivity contribution in [2.45, 2.75) is 13.5 Å². The van der Waals surface area contributed by atoms with E-state index in [1.165, 1.54) is 29.5 Å². The standard InChI is InChI=1S/C12H11FN2O2S/c1-8-5-6-18-11(8)7-14-12-9(13)3-2-4-10(12)15(16)17/h2-6,14H,7H2,1H3. The van der Waals surface area contributed by atoms with Crippen LogP contribution in [0.25, 0.3) is 0 Å². The summed E-state index contributed by atoms with van der Waals surface area (Å²) in [6.07, 6.45) is 0. The molecule has 0 amide bonds. The second-order valence-electron chi connectivity index (χ2n) is 3.77. The number of nitrogens with zero attached hydrogens (tertiary/aromatic N) is 1. The van der Waals surface area contributed by atoms with Gasteiger partial charge in [0.1, 0.15) is 5.69 Å². The fraction of sp³-hybridized carbons (Fsp3) is 0.167. The predicted molar refractivity (Wildman–Crippen MR) is 69.4 cm³/mol. The smallest absolute Gasteiger partial charge is 0.295 e. The van der Waals surface area contributed by atoms with Crippen LogP contribution in [-0.4, -0.2) is 4.92 Å². The van der Waals surface area contributed by atoms with Crippen LogP contribution in [0.3, 0.4) is 0 Å². The first-order valence-electron chi connectivity index (χ1n) is 5.29. The summed E-state index contributed by atoms with van der Waals surface area (Å²) in [7, 11) is 0. The lowest BCUT2D eigenvalue weighted by Gasteiger charge is -2.07. The minimum absolute atomic E-state index is 0.0599. The van der Waals surface area contributed by atoms with Gasteiger partial charge in [-0.1, -0.05) is 6.07 Å². The Morgan fingerprint density at radius 3 is 2.83 bits per heavy atom. The number of hydrogen-bond donors (Lipinski definition) is 1. The molecular formula is C12H11FN2O2S. The van der Waals surface area contributed by atoms with Crippen LogP contribution in [0.1, 0.15) is 10.4 Å². The van der Waals surface area contributed by atoms with Gasteiger partial charge in [-0.05, 0) is 30.0 Å². The Bertz CT molecular complexity index is 583. The third-order valence-corrected chi connectivity index (χ3v) is 3.61. The van der Waals surface area contributed by atoms with Gasteiger partial charge in [0.15, 0.2) is 5.82 Å². The molecule has 6 heteroatoms. The minimum atomic E-state index is -0.613. The third-order valence-electron chi connectivity index (χ3n) is 2.58. The van der Waals surface area contributed by atoms with Gasteiger partial charge in [-0.3, -0.25) is 10.1 Å². The van der Waals surface area contributed by atoms with Gasteiger partial charge >= 0.3 is 0 Å². The molecule has 1 aromatic heterocycles. The number of thiophene rings is 1. The highest BCUT2D eigenvalue weighted by atomic mass is 32.1. The van der Waals surface area contributed by atoms with E-state index in [9.17, 15) is 14.5 Å². The lowest BCUT2D eigenvalue weighted by molar-refractivity contribution is -0.384. The molecule has 18 heavy (non-hydrogen) atoms. The van der Waals surface area contributed by atoms with Gasteiger partial charge in [-0.2, -0.15) is 0 Å². The largest absolute Gasteiger partial charge is 0.372 e. The van der Waals surface area contributed by atoms with Crippen LogP contribution >= 0.6 is 11.3 Å². The molecule has 4 nitrogen and oxygen atoms in total. The Balaban J connectivity index is 2.24. The molecule has 0 aliphatic carbocycles. The Morgan fingerprint density at radius 1 is 1.44 bits per heavy atom. The molecule has 0 bridgehead atoms. The van der Waals surface area contributed by atoms with Crippen LogP contribution in [0, 0.1) is 22.9 Å². The molecule has 1 N–H and O–H groups in total. The monoisotopic (exact) mass is 266 g/mol. The van der Waals surface area contributed by atoms with Crippen molar-refractivity contribution in [2.75, 3.05) is 5.32 Å². The van der Waals surface area contributed by atoms with Crippen molar-refractivity contribution < 1.29 is 9.31 Å². The molecule has 0 saturated heterocycles. The number of nitro groups is 1. The van der Waals surface area contributed by atoms with Crippen LogP contribution in [0.2, 0.25) is 0 Å². The van der Waals surface area contributed by atoms with Crippen molar-refractivity contribution in [1.29, 1.82) is 0 Å². The Kier molecular flexibility index (Phi) is 3.57. The molecule has 0 saturated carbocycles. The lowest BCUT2D eigenvalue weighted by Crippen LogP contribution is -2.04. The van der Waals surface area contributed by atoms with E-state index in [4.69, 9.17) is 0 Å². The fourth-order valence-electron chi connectivity index (χ4n) is 1.59. The fourth-order valence-corrected chi connectivity index (χ4v) is 2.44. The first-order chi connectivity index (χ1) is 8.59. The highest BCUT2D eigenvalue weighted by Gasteiger charge is 2.17. The van der Waals surface area contributed by atoms with E-state index in [0.29, 0.717) is 6.54 Å². The Hall–Kier alpha value is -1.95. The average molecular weight is 266 g/mol. The summed E-state index contributed by atoms with van der Waals surface area (Å²) in [5.74, 6) is -0.613. The molecule has 1 aromatic carbocycles. The molecule has 1 heterocycles. The summed E-state index contributed by atoms with van der Waals surface area (Å²) < 4.78 is 13.6. The quantitative estimate of drug-likeness (QED) is 0.678. The van der Waals surface area contributed by atoms with Crippen LogP contribution < -0.4 is 5.32 Å². The summed E-state index contributed by atoms with van der Waals surface area (Å²) in [4.78, 5) is 11.2. The SMILES string of the molecule is Cc1ccsc1CNc1c(F)cccc1[N+](=O)[O-].